The lowest BCUT2D eigenvalue weighted by Crippen LogP contribution is -2.68. The Morgan fingerprint density at radius 3 is 1.76 bits per heavy atom. The molecule has 4 unspecified atom stereocenters. The molecule has 0 aromatic carbocycles. The van der Waals surface area contributed by atoms with Crippen LogP contribution in [0.2, 0.25) is 0 Å². The number of hydrogen-bond acceptors (Lipinski definition) is 8. The number of nitrogens with zero attached hydrogens (tertiary/aromatic N) is 4. The molecule has 1 amide bonds. The monoisotopic (exact) mass is 877 g/mol. The van der Waals surface area contributed by atoms with Gasteiger partial charge in [-0.1, -0.05) is 125 Å². The third-order valence-electron chi connectivity index (χ3n) is 16.3. The van der Waals surface area contributed by atoms with E-state index in [1.54, 1.807) is 0 Å². The number of imidazole rings is 1. The standard InChI is InChI=1S/C53H88N4O6/c1-37(58)32-42(60)62-30-31-63-44(61)53(20,52(18,19)50(14,15)43(46(5,6)7)57-28-21-22-41(57)59)51(16,17)49(12,13)39(38-23-25-54-26-24-38)33-47(8,9)35-48(10,11)40(34-45(2,3)4)56-29-27-55-36-56/h23-27,29,36,39-40,43H,21-22,28,30-35H2,1-20H3. The highest BCUT2D eigenvalue weighted by Gasteiger charge is 2.69. The zero-order valence-corrected chi connectivity index (χ0v) is 43.4. The second-order valence-corrected chi connectivity index (χ2v) is 25.2. The maximum absolute atomic E-state index is 15.6. The summed E-state index contributed by atoms with van der Waals surface area (Å²) in [5, 5.41) is 0. The lowest BCUT2D eigenvalue weighted by atomic mass is 9.38. The van der Waals surface area contributed by atoms with E-state index in [1.165, 1.54) is 6.92 Å². The van der Waals surface area contributed by atoms with Crippen molar-refractivity contribution >= 4 is 23.6 Å². The van der Waals surface area contributed by atoms with Gasteiger partial charge in [-0.15, -0.1) is 0 Å². The molecule has 0 bridgehead atoms. The van der Waals surface area contributed by atoms with Crippen molar-refractivity contribution in [3.05, 3.63) is 48.8 Å². The van der Waals surface area contributed by atoms with Gasteiger partial charge in [0.1, 0.15) is 25.4 Å². The molecule has 3 heterocycles. The lowest BCUT2D eigenvalue weighted by Gasteiger charge is -2.66. The highest BCUT2D eigenvalue weighted by Crippen LogP contribution is 2.70. The van der Waals surface area contributed by atoms with Crippen molar-refractivity contribution in [3.63, 3.8) is 0 Å². The number of ether oxygens (including phenoxy) is 2. The molecule has 0 spiro atoms. The third kappa shape index (κ3) is 11.6. The van der Waals surface area contributed by atoms with E-state index in [1.807, 2.05) is 24.9 Å². The van der Waals surface area contributed by atoms with E-state index in [0.717, 1.165) is 31.2 Å². The second kappa shape index (κ2) is 19.1. The number of hydrogen-bond donors (Lipinski definition) is 0. The lowest BCUT2D eigenvalue weighted by molar-refractivity contribution is -0.215. The van der Waals surface area contributed by atoms with Gasteiger partial charge in [0, 0.05) is 49.8 Å². The van der Waals surface area contributed by atoms with Crippen LogP contribution in [-0.4, -0.2) is 68.9 Å². The zero-order valence-electron chi connectivity index (χ0n) is 43.4. The van der Waals surface area contributed by atoms with Crippen molar-refractivity contribution in [3.8, 4) is 0 Å². The summed E-state index contributed by atoms with van der Waals surface area (Å²) >= 11 is 0. The van der Waals surface area contributed by atoms with E-state index in [2.05, 4.69) is 169 Å². The minimum absolute atomic E-state index is 0.0345. The van der Waals surface area contributed by atoms with Gasteiger partial charge in [0.25, 0.3) is 0 Å². The third-order valence-corrected chi connectivity index (χ3v) is 16.3. The Labute approximate surface area is 382 Å². The van der Waals surface area contributed by atoms with Crippen LogP contribution in [0, 0.1) is 48.7 Å². The molecule has 1 saturated heterocycles. The van der Waals surface area contributed by atoms with E-state index in [4.69, 9.17) is 9.47 Å². The predicted octanol–water partition coefficient (Wildman–Crippen LogP) is 12.1. The summed E-state index contributed by atoms with van der Waals surface area (Å²) in [6, 6.07) is 4.28. The molecule has 3 rings (SSSR count). The number of likely N-dealkylation sites (tertiary alicyclic amines) is 1. The molecule has 63 heavy (non-hydrogen) atoms. The first kappa shape index (κ1) is 53.8. The van der Waals surface area contributed by atoms with Crippen LogP contribution in [0.5, 0.6) is 0 Å². The molecule has 356 valence electrons. The van der Waals surface area contributed by atoms with E-state index in [9.17, 15) is 14.4 Å². The number of Topliss-reactive ketones (excluding diaryl/α,β-unsaturated/α-hetero) is 1. The molecule has 2 aromatic rings. The topological polar surface area (TPSA) is 121 Å². The molecule has 0 N–H and O–H groups in total. The number of carbonyl (C=O) groups excluding carboxylic acids is 4. The fraction of sp³-hybridized carbons (Fsp3) is 0.774. The molecular weight excluding hydrogens is 789 g/mol. The van der Waals surface area contributed by atoms with Gasteiger partial charge in [-0.2, -0.15) is 0 Å². The van der Waals surface area contributed by atoms with Crippen molar-refractivity contribution < 1.29 is 28.7 Å². The fourth-order valence-corrected chi connectivity index (χ4v) is 12.1. The summed E-state index contributed by atoms with van der Waals surface area (Å²) in [6.07, 6.45) is 13.4. The highest BCUT2D eigenvalue weighted by molar-refractivity contribution is 5.94. The van der Waals surface area contributed by atoms with Crippen LogP contribution in [0.15, 0.2) is 43.2 Å². The average molecular weight is 877 g/mol. The molecule has 0 saturated carbocycles. The van der Waals surface area contributed by atoms with Crippen LogP contribution in [-0.2, 0) is 28.7 Å². The summed E-state index contributed by atoms with van der Waals surface area (Å²) in [5.74, 6) is -1.21. The predicted molar refractivity (Wildman–Crippen MR) is 254 cm³/mol. The van der Waals surface area contributed by atoms with Gasteiger partial charge >= 0.3 is 11.9 Å². The second-order valence-electron chi connectivity index (χ2n) is 25.2. The number of esters is 2. The fourth-order valence-electron chi connectivity index (χ4n) is 12.1. The maximum atomic E-state index is 15.6. The summed E-state index contributed by atoms with van der Waals surface area (Å²) in [7, 11) is 0. The van der Waals surface area contributed by atoms with E-state index >= 15 is 4.79 Å². The van der Waals surface area contributed by atoms with Gasteiger partial charge in [-0.25, -0.2) is 4.98 Å². The van der Waals surface area contributed by atoms with E-state index < -0.39 is 33.0 Å². The van der Waals surface area contributed by atoms with Crippen LogP contribution >= 0.6 is 0 Å². The van der Waals surface area contributed by atoms with Crippen LogP contribution < -0.4 is 0 Å². The quantitative estimate of drug-likeness (QED) is 0.0690. The summed E-state index contributed by atoms with van der Waals surface area (Å²) in [6.45, 7) is 44.8. The Morgan fingerprint density at radius 2 is 1.29 bits per heavy atom. The Kier molecular flexibility index (Phi) is 16.3. The largest absolute Gasteiger partial charge is 0.462 e. The van der Waals surface area contributed by atoms with Crippen molar-refractivity contribution in [1.29, 1.82) is 0 Å². The van der Waals surface area contributed by atoms with Crippen LogP contribution in [0.25, 0.3) is 0 Å². The van der Waals surface area contributed by atoms with Crippen LogP contribution in [0.1, 0.15) is 195 Å². The summed E-state index contributed by atoms with van der Waals surface area (Å²) in [4.78, 5) is 64.2. The van der Waals surface area contributed by atoms with Gasteiger partial charge < -0.3 is 18.9 Å². The smallest absolute Gasteiger partial charge is 0.313 e. The van der Waals surface area contributed by atoms with Crippen molar-refractivity contribution in [1.82, 2.24) is 19.4 Å². The first-order chi connectivity index (χ1) is 28.5. The molecule has 0 radical (unpaired) electrons. The molecule has 0 aliphatic carbocycles. The SMILES string of the molecule is CC(=O)CC(=O)OCCOC(=O)C(C)(C(C)(C)C(C)(C)C(CC(C)(C)CC(C)(C)C(CC(C)(C)C)n1ccnc1)c1ccncc1)C(C)(C)C(C)(C)C(N1CCCC1=O)C(C)(C)C. The highest BCUT2D eigenvalue weighted by atomic mass is 16.6. The normalized spacial score (nSPS) is 17.5. The van der Waals surface area contributed by atoms with Crippen LogP contribution in [0.4, 0.5) is 0 Å². The van der Waals surface area contributed by atoms with Gasteiger partial charge in [-0.3, -0.25) is 24.2 Å². The zero-order chi connectivity index (χ0) is 48.4. The van der Waals surface area contributed by atoms with E-state index in [-0.39, 0.29) is 77.0 Å². The minimum atomic E-state index is -1.20. The van der Waals surface area contributed by atoms with E-state index in [0.29, 0.717) is 13.0 Å². The maximum Gasteiger partial charge on any atom is 0.313 e. The number of ketones is 1. The number of amides is 1. The molecule has 1 aliphatic heterocycles. The molecular formula is C53H88N4O6. The first-order valence-corrected chi connectivity index (χ1v) is 23.5. The minimum Gasteiger partial charge on any atom is -0.462 e. The molecule has 1 aliphatic rings. The number of carbonyl (C=O) groups is 4. The molecule has 2 aromatic heterocycles. The first-order valence-electron chi connectivity index (χ1n) is 23.5. The molecule has 10 nitrogen and oxygen atoms in total. The summed E-state index contributed by atoms with van der Waals surface area (Å²) < 4.78 is 13.9. The van der Waals surface area contributed by atoms with Gasteiger partial charge in [0.05, 0.1) is 11.7 Å². The molecule has 1 fully saturated rings. The number of aromatic nitrogens is 3. The Balaban J connectivity index is 2.26. The van der Waals surface area contributed by atoms with Gasteiger partial charge in [0.2, 0.25) is 5.91 Å². The van der Waals surface area contributed by atoms with Crippen molar-refractivity contribution in [2.24, 2.45) is 48.7 Å². The Bertz CT molecular complexity index is 1860. The van der Waals surface area contributed by atoms with Crippen molar-refractivity contribution in [2.75, 3.05) is 19.8 Å². The summed E-state index contributed by atoms with van der Waals surface area (Å²) in [5.41, 5.74) is -3.32. The average Bonchev–Trinajstić information content (AvgIpc) is 3.81. The van der Waals surface area contributed by atoms with Gasteiger partial charge in [0.15, 0.2) is 0 Å². The molecule has 10 heteroatoms. The Morgan fingerprint density at radius 1 is 0.730 bits per heavy atom. The Hall–Kier alpha value is -3.56. The number of rotatable bonds is 21. The molecule has 4 atom stereocenters. The van der Waals surface area contributed by atoms with Crippen molar-refractivity contribution in [2.45, 2.75) is 195 Å². The van der Waals surface area contributed by atoms with Crippen LogP contribution in [0.3, 0.4) is 0 Å². The van der Waals surface area contributed by atoms with Gasteiger partial charge in [-0.05, 0) is 106 Å². The number of pyridine rings is 1.